The molecule has 2 aromatic heterocycles. The molecule has 0 atom stereocenters. The number of fused-ring (bicyclic) bond motifs is 1. The maximum Gasteiger partial charge on any atom is 0.707 e. The molecule has 2 heterocycles. The molecule has 0 bridgehead atoms. The second kappa shape index (κ2) is 3.80. The van der Waals surface area contributed by atoms with E-state index in [1.165, 1.54) is 13.2 Å². The molecule has 2 rings (SSSR count). The summed E-state index contributed by atoms with van der Waals surface area (Å²) in [6.07, 6.45) is 3.34. The maximum atomic E-state index is 8.66. The lowest BCUT2D eigenvalue weighted by Crippen LogP contribution is -2.20. The average Bonchev–Trinajstić information content (AvgIpc) is 2.63. The molecule has 2 N–H and O–H groups in total. The van der Waals surface area contributed by atoms with Crippen LogP contribution < -0.4 is 9.39 Å². The Morgan fingerprint density at radius 3 is 2.87 bits per heavy atom. The smallest absolute Gasteiger partial charge is 0.512 e. The molecule has 0 saturated heterocycles. The molecule has 0 saturated carbocycles. The molecule has 0 aliphatic rings. The summed E-state index contributed by atoms with van der Waals surface area (Å²) in [6, 6.07) is 3.11. The molecule has 0 aliphatic heterocycles. The van der Waals surface area contributed by atoms with E-state index in [2.05, 4.69) is 4.98 Å². The van der Waals surface area contributed by atoms with Gasteiger partial charge >= 0.3 is 7.32 Å². The SMILES string of the molecule is COc1cc(OB(O)O)cc2nccn12. The van der Waals surface area contributed by atoms with Gasteiger partial charge in [-0.15, -0.1) is 0 Å². The van der Waals surface area contributed by atoms with Crippen LogP contribution in [-0.2, 0) is 0 Å². The Kier molecular flexibility index (Phi) is 2.48. The number of hydrogen-bond acceptors (Lipinski definition) is 5. The van der Waals surface area contributed by atoms with Crippen molar-refractivity contribution < 1.29 is 19.4 Å². The third-order valence-corrected chi connectivity index (χ3v) is 1.89. The summed E-state index contributed by atoms with van der Waals surface area (Å²) in [4.78, 5) is 4.03. The molecule has 7 heteroatoms. The van der Waals surface area contributed by atoms with Crippen molar-refractivity contribution in [3.05, 3.63) is 24.5 Å². The van der Waals surface area contributed by atoms with Gasteiger partial charge in [0.1, 0.15) is 11.4 Å². The van der Waals surface area contributed by atoms with Crippen molar-refractivity contribution >= 4 is 13.0 Å². The van der Waals surface area contributed by atoms with E-state index in [0.29, 0.717) is 11.5 Å². The molecule has 0 aliphatic carbocycles. The standard InChI is InChI=1S/C8H9BN2O4/c1-14-8-5-6(15-9(12)13)4-7-10-2-3-11(7)8/h2-5,12-13H,1H3. The molecular weight excluding hydrogens is 199 g/mol. The fourth-order valence-corrected chi connectivity index (χ4v) is 1.32. The summed E-state index contributed by atoms with van der Waals surface area (Å²) in [5, 5.41) is 17.3. The lowest BCUT2D eigenvalue weighted by atomic mass is 10.2. The van der Waals surface area contributed by atoms with Crippen molar-refractivity contribution in [2.24, 2.45) is 0 Å². The van der Waals surface area contributed by atoms with Crippen molar-refractivity contribution in [2.75, 3.05) is 7.11 Å². The summed E-state index contributed by atoms with van der Waals surface area (Å²) >= 11 is 0. The third kappa shape index (κ3) is 1.88. The van der Waals surface area contributed by atoms with Crippen LogP contribution in [0.25, 0.3) is 5.65 Å². The summed E-state index contributed by atoms with van der Waals surface area (Å²) in [7, 11) is -0.347. The molecule has 0 aromatic carbocycles. The Bertz CT molecular complexity index is 471. The highest BCUT2D eigenvalue weighted by Gasteiger charge is 2.13. The largest absolute Gasteiger partial charge is 0.707 e. The first-order chi connectivity index (χ1) is 7.20. The number of ether oxygens (including phenoxy) is 1. The van der Waals surface area contributed by atoms with Crippen LogP contribution >= 0.6 is 0 Å². The van der Waals surface area contributed by atoms with Gasteiger partial charge in [-0.3, -0.25) is 4.40 Å². The monoisotopic (exact) mass is 208 g/mol. The summed E-state index contributed by atoms with van der Waals surface area (Å²) in [6.45, 7) is 0. The number of imidazole rings is 1. The number of rotatable bonds is 3. The molecule has 0 fully saturated rings. The molecule has 0 amide bonds. The first kappa shape index (κ1) is 9.82. The Labute approximate surface area is 85.9 Å². The third-order valence-electron chi connectivity index (χ3n) is 1.89. The maximum absolute atomic E-state index is 8.66. The quantitative estimate of drug-likeness (QED) is 0.676. The zero-order valence-electron chi connectivity index (χ0n) is 7.99. The molecule has 0 unspecified atom stereocenters. The fraction of sp³-hybridized carbons (Fsp3) is 0.125. The molecule has 6 nitrogen and oxygen atoms in total. The predicted molar refractivity (Wildman–Crippen MR) is 52.6 cm³/mol. The van der Waals surface area contributed by atoms with Crippen LogP contribution in [0, 0.1) is 0 Å². The van der Waals surface area contributed by atoms with Gasteiger partial charge in [-0.1, -0.05) is 0 Å². The number of pyridine rings is 1. The summed E-state index contributed by atoms with van der Waals surface area (Å²) in [5.74, 6) is 0.779. The minimum Gasteiger partial charge on any atom is -0.512 e. The van der Waals surface area contributed by atoms with Crippen molar-refractivity contribution in [3.63, 3.8) is 0 Å². The fourth-order valence-electron chi connectivity index (χ4n) is 1.32. The van der Waals surface area contributed by atoms with Crippen molar-refractivity contribution in [1.82, 2.24) is 9.38 Å². The van der Waals surface area contributed by atoms with E-state index >= 15 is 0 Å². The van der Waals surface area contributed by atoms with Gasteiger partial charge in [0.05, 0.1) is 7.11 Å². The molecular formula is C8H9BN2O4. The first-order valence-corrected chi connectivity index (χ1v) is 4.24. The van der Waals surface area contributed by atoms with Crippen molar-refractivity contribution in [2.45, 2.75) is 0 Å². The Morgan fingerprint density at radius 2 is 2.20 bits per heavy atom. The number of aromatic nitrogens is 2. The van der Waals surface area contributed by atoms with E-state index in [0.717, 1.165) is 0 Å². The van der Waals surface area contributed by atoms with Crippen molar-refractivity contribution in [3.8, 4) is 11.6 Å². The lowest BCUT2D eigenvalue weighted by Gasteiger charge is -2.08. The van der Waals surface area contributed by atoms with Crippen LogP contribution in [0.15, 0.2) is 24.5 Å². The summed E-state index contributed by atoms with van der Waals surface area (Å²) < 4.78 is 11.5. The van der Waals surface area contributed by atoms with Crippen LogP contribution in [0.3, 0.4) is 0 Å². The van der Waals surface area contributed by atoms with Crippen LogP contribution in [0.2, 0.25) is 0 Å². The Balaban J connectivity index is 2.49. The molecule has 2 aromatic rings. The molecule has 0 radical (unpaired) electrons. The van der Waals surface area contributed by atoms with Crippen LogP contribution in [0.5, 0.6) is 11.6 Å². The molecule has 0 spiro atoms. The van der Waals surface area contributed by atoms with Gasteiger partial charge in [0.15, 0.2) is 0 Å². The highest BCUT2D eigenvalue weighted by atomic mass is 16.6. The number of hydrogen-bond donors (Lipinski definition) is 2. The number of methoxy groups -OCH3 is 1. The van der Waals surface area contributed by atoms with Crippen LogP contribution in [0.4, 0.5) is 0 Å². The zero-order chi connectivity index (χ0) is 10.8. The highest BCUT2D eigenvalue weighted by molar-refractivity contribution is 6.33. The van der Waals surface area contributed by atoms with E-state index in [4.69, 9.17) is 19.4 Å². The normalized spacial score (nSPS) is 10.3. The minimum absolute atomic E-state index is 0.278. The van der Waals surface area contributed by atoms with E-state index in [1.807, 2.05) is 0 Å². The minimum atomic E-state index is -1.85. The summed E-state index contributed by atoms with van der Waals surface area (Å²) in [5.41, 5.74) is 0.602. The molecule has 15 heavy (non-hydrogen) atoms. The second-order valence-electron chi connectivity index (χ2n) is 2.83. The van der Waals surface area contributed by atoms with E-state index < -0.39 is 7.32 Å². The van der Waals surface area contributed by atoms with Crippen LogP contribution in [-0.4, -0.2) is 33.9 Å². The lowest BCUT2D eigenvalue weighted by molar-refractivity contribution is 0.287. The molecule has 78 valence electrons. The van der Waals surface area contributed by atoms with Gasteiger partial charge in [-0.25, -0.2) is 4.98 Å². The second-order valence-corrected chi connectivity index (χ2v) is 2.83. The topological polar surface area (TPSA) is 76.2 Å². The van der Waals surface area contributed by atoms with Crippen molar-refractivity contribution in [1.29, 1.82) is 0 Å². The van der Waals surface area contributed by atoms with Gasteiger partial charge < -0.3 is 19.4 Å². The van der Waals surface area contributed by atoms with E-state index in [1.54, 1.807) is 22.9 Å². The van der Waals surface area contributed by atoms with Gasteiger partial charge in [0, 0.05) is 24.5 Å². The number of nitrogens with zero attached hydrogens (tertiary/aromatic N) is 2. The van der Waals surface area contributed by atoms with Crippen LogP contribution in [0.1, 0.15) is 0 Å². The van der Waals surface area contributed by atoms with Gasteiger partial charge in [-0.05, 0) is 0 Å². The zero-order valence-corrected chi connectivity index (χ0v) is 7.99. The van der Waals surface area contributed by atoms with Gasteiger partial charge in [-0.2, -0.15) is 0 Å². The Morgan fingerprint density at radius 1 is 1.40 bits per heavy atom. The van der Waals surface area contributed by atoms with E-state index in [-0.39, 0.29) is 5.75 Å². The van der Waals surface area contributed by atoms with E-state index in [9.17, 15) is 0 Å². The average molecular weight is 208 g/mol. The van der Waals surface area contributed by atoms with Gasteiger partial charge in [0.25, 0.3) is 0 Å². The highest BCUT2D eigenvalue weighted by Crippen LogP contribution is 2.22. The predicted octanol–water partition coefficient (Wildman–Crippen LogP) is -0.309. The van der Waals surface area contributed by atoms with Gasteiger partial charge in [0.2, 0.25) is 5.88 Å². The first-order valence-electron chi connectivity index (χ1n) is 4.24. The Hall–Kier alpha value is -1.73.